The summed E-state index contributed by atoms with van der Waals surface area (Å²) in [4.78, 5) is 16.2. The Bertz CT molecular complexity index is 600. The summed E-state index contributed by atoms with van der Waals surface area (Å²) in [6, 6.07) is 11.4. The lowest BCUT2D eigenvalue weighted by Crippen LogP contribution is -2.31. The second-order valence-corrected chi connectivity index (χ2v) is 4.63. The van der Waals surface area contributed by atoms with Crippen molar-refractivity contribution in [3.05, 3.63) is 53.7 Å². The van der Waals surface area contributed by atoms with Gasteiger partial charge in [-0.25, -0.2) is 4.98 Å². The molecule has 1 unspecified atom stereocenters. The van der Waals surface area contributed by atoms with Crippen molar-refractivity contribution in [2.45, 2.75) is 19.4 Å². The van der Waals surface area contributed by atoms with E-state index in [1.165, 1.54) is 0 Å². The van der Waals surface area contributed by atoms with E-state index in [9.17, 15) is 4.79 Å². The normalized spacial score (nSPS) is 16.6. The molecule has 0 saturated heterocycles. The number of amides is 1. The Labute approximate surface area is 111 Å². The van der Waals surface area contributed by atoms with Gasteiger partial charge in [0.15, 0.2) is 6.10 Å². The van der Waals surface area contributed by atoms with Crippen LogP contribution in [-0.2, 0) is 11.2 Å². The highest BCUT2D eigenvalue weighted by molar-refractivity contribution is 5.94. The number of nitrogens with one attached hydrogen (secondary N) is 1. The molecule has 1 aliphatic heterocycles. The number of aryl methyl sites for hydroxylation is 1. The van der Waals surface area contributed by atoms with Gasteiger partial charge in [0.05, 0.1) is 0 Å². The zero-order valence-electron chi connectivity index (χ0n) is 10.6. The minimum atomic E-state index is -0.472. The number of rotatable bonds is 2. The molecule has 0 aliphatic carbocycles. The van der Waals surface area contributed by atoms with Gasteiger partial charge in [0.1, 0.15) is 11.6 Å². The lowest BCUT2D eigenvalue weighted by Gasteiger charge is -2.10. The molecule has 0 bridgehead atoms. The third-order valence-corrected chi connectivity index (χ3v) is 3.11. The van der Waals surface area contributed by atoms with Crippen LogP contribution in [0.4, 0.5) is 5.82 Å². The van der Waals surface area contributed by atoms with Gasteiger partial charge in [-0.3, -0.25) is 4.79 Å². The molecule has 2 heterocycles. The third-order valence-electron chi connectivity index (χ3n) is 3.11. The molecule has 2 aromatic rings. The fourth-order valence-electron chi connectivity index (χ4n) is 2.14. The van der Waals surface area contributed by atoms with Crippen LogP contribution in [0.2, 0.25) is 0 Å². The molecular formula is C15H14N2O2. The molecular weight excluding hydrogens is 240 g/mol. The number of para-hydroxylation sites is 1. The smallest absolute Gasteiger partial charge is 0.266 e. The average molecular weight is 254 g/mol. The molecule has 0 radical (unpaired) electrons. The van der Waals surface area contributed by atoms with Crippen LogP contribution in [0.15, 0.2) is 42.6 Å². The van der Waals surface area contributed by atoms with Gasteiger partial charge < -0.3 is 10.1 Å². The predicted octanol–water partition coefficient (Wildman–Crippen LogP) is 2.33. The monoisotopic (exact) mass is 254 g/mol. The van der Waals surface area contributed by atoms with Crippen LogP contribution in [0.5, 0.6) is 5.75 Å². The summed E-state index contributed by atoms with van der Waals surface area (Å²) >= 11 is 0. The highest BCUT2D eigenvalue weighted by atomic mass is 16.5. The number of carbonyl (C=O) groups excluding carboxylic acids is 1. The molecule has 4 heteroatoms. The first kappa shape index (κ1) is 11.7. The van der Waals surface area contributed by atoms with Crippen molar-refractivity contribution in [3.63, 3.8) is 0 Å². The van der Waals surface area contributed by atoms with E-state index in [1.54, 1.807) is 6.20 Å². The van der Waals surface area contributed by atoms with Crippen molar-refractivity contribution in [1.29, 1.82) is 0 Å². The largest absolute Gasteiger partial charge is 0.480 e. The van der Waals surface area contributed by atoms with Gasteiger partial charge in [-0.15, -0.1) is 0 Å². The van der Waals surface area contributed by atoms with Crippen molar-refractivity contribution in [2.75, 3.05) is 5.32 Å². The van der Waals surface area contributed by atoms with E-state index in [0.717, 1.165) is 16.9 Å². The maximum Gasteiger partial charge on any atom is 0.266 e. The molecule has 0 fully saturated rings. The van der Waals surface area contributed by atoms with Crippen LogP contribution < -0.4 is 10.1 Å². The SMILES string of the molecule is Cc1ccnc(NC(=O)C2Cc3ccccc3O2)c1. The van der Waals surface area contributed by atoms with Crippen molar-refractivity contribution < 1.29 is 9.53 Å². The van der Waals surface area contributed by atoms with E-state index in [-0.39, 0.29) is 5.91 Å². The first-order valence-corrected chi connectivity index (χ1v) is 6.20. The van der Waals surface area contributed by atoms with Crippen LogP contribution in [-0.4, -0.2) is 17.0 Å². The Morgan fingerprint density at radius 1 is 1.37 bits per heavy atom. The van der Waals surface area contributed by atoms with Gasteiger partial charge in [0.25, 0.3) is 5.91 Å². The summed E-state index contributed by atoms with van der Waals surface area (Å²) in [6.07, 6.45) is 1.81. The quantitative estimate of drug-likeness (QED) is 0.894. The fourth-order valence-corrected chi connectivity index (χ4v) is 2.14. The minimum absolute atomic E-state index is 0.158. The predicted molar refractivity (Wildman–Crippen MR) is 72.2 cm³/mol. The van der Waals surface area contributed by atoms with Gasteiger partial charge in [0, 0.05) is 12.6 Å². The van der Waals surface area contributed by atoms with E-state index >= 15 is 0 Å². The molecule has 0 saturated carbocycles. The number of nitrogens with zero attached hydrogens (tertiary/aromatic N) is 1. The summed E-state index contributed by atoms with van der Waals surface area (Å²) in [7, 11) is 0. The summed E-state index contributed by atoms with van der Waals surface area (Å²) in [5.41, 5.74) is 2.13. The summed E-state index contributed by atoms with van der Waals surface area (Å²) in [5, 5.41) is 2.78. The Morgan fingerprint density at radius 2 is 2.21 bits per heavy atom. The lowest BCUT2D eigenvalue weighted by molar-refractivity contribution is -0.122. The van der Waals surface area contributed by atoms with Crippen LogP contribution in [0.3, 0.4) is 0 Å². The molecule has 96 valence electrons. The molecule has 1 aromatic carbocycles. The van der Waals surface area contributed by atoms with Crippen LogP contribution in [0.1, 0.15) is 11.1 Å². The zero-order valence-corrected chi connectivity index (χ0v) is 10.6. The van der Waals surface area contributed by atoms with Crippen molar-refractivity contribution in [3.8, 4) is 5.75 Å². The summed E-state index contributed by atoms with van der Waals surface area (Å²) < 4.78 is 5.63. The Balaban J connectivity index is 1.70. The number of pyridine rings is 1. The van der Waals surface area contributed by atoms with Gasteiger partial charge in [0.2, 0.25) is 0 Å². The lowest BCUT2D eigenvalue weighted by atomic mass is 10.1. The van der Waals surface area contributed by atoms with E-state index in [4.69, 9.17) is 4.74 Å². The highest BCUT2D eigenvalue weighted by Crippen LogP contribution is 2.28. The number of fused-ring (bicyclic) bond motifs is 1. The molecule has 1 aliphatic rings. The molecule has 19 heavy (non-hydrogen) atoms. The molecule has 1 atom stereocenters. The minimum Gasteiger partial charge on any atom is -0.480 e. The Hall–Kier alpha value is -2.36. The standard InChI is InChI=1S/C15H14N2O2/c1-10-6-7-16-14(8-10)17-15(18)13-9-11-4-2-3-5-12(11)19-13/h2-8,13H,9H2,1H3,(H,16,17,18). The molecule has 3 rings (SSSR count). The Morgan fingerprint density at radius 3 is 3.00 bits per heavy atom. The number of hydrogen-bond donors (Lipinski definition) is 1. The molecule has 0 spiro atoms. The van der Waals surface area contributed by atoms with E-state index in [1.807, 2.05) is 43.3 Å². The molecule has 1 aromatic heterocycles. The van der Waals surface area contributed by atoms with E-state index in [0.29, 0.717) is 12.2 Å². The van der Waals surface area contributed by atoms with Crippen molar-refractivity contribution in [2.24, 2.45) is 0 Å². The highest BCUT2D eigenvalue weighted by Gasteiger charge is 2.28. The first-order valence-electron chi connectivity index (χ1n) is 6.20. The van der Waals surface area contributed by atoms with Gasteiger partial charge >= 0.3 is 0 Å². The second-order valence-electron chi connectivity index (χ2n) is 4.63. The maximum absolute atomic E-state index is 12.1. The van der Waals surface area contributed by atoms with Crippen LogP contribution >= 0.6 is 0 Å². The van der Waals surface area contributed by atoms with Gasteiger partial charge in [-0.1, -0.05) is 18.2 Å². The van der Waals surface area contributed by atoms with Crippen LogP contribution in [0, 0.1) is 6.92 Å². The summed E-state index contributed by atoms with van der Waals surface area (Å²) in [6.45, 7) is 1.96. The molecule has 1 N–H and O–H groups in total. The topological polar surface area (TPSA) is 51.2 Å². The van der Waals surface area contributed by atoms with Crippen molar-refractivity contribution >= 4 is 11.7 Å². The maximum atomic E-state index is 12.1. The first-order chi connectivity index (χ1) is 9.22. The third kappa shape index (κ3) is 2.42. The molecule has 4 nitrogen and oxygen atoms in total. The average Bonchev–Trinajstić information content (AvgIpc) is 2.82. The number of aromatic nitrogens is 1. The van der Waals surface area contributed by atoms with Gasteiger partial charge in [-0.05, 0) is 36.2 Å². The van der Waals surface area contributed by atoms with Crippen molar-refractivity contribution in [1.82, 2.24) is 4.98 Å². The number of benzene rings is 1. The molecule has 1 amide bonds. The number of hydrogen-bond acceptors (Lipinski definition) is 3. The second kappa shape index (κ2) is 4.72. The van der Waals surface area contributed by atoms with Gasteiger partial charge in [-0.2, -0.15) is 0 Å². The number of carbonyl (C=O) groups is 1. The fraction of sp³-hybridized carbons (Fsp3) is 0.200. The zero-order chi connectivity index (χ0) is 13.2. The number of anilines is 1. The van der Waals surface area contributed by atoms with E-state index in [2.05, 4.69) is 10.3 Å². The number of ether oxygens (including phenoxy) is 1. The van der Waals surface area contributed by atoms with E-state index < -0.39 is 6.10 Å². The summed E-state index contributed by atoms with van der Waals surface area (Å²) in [5.74, 6) is 1.19. The van der Waals surface area contributed by atoms with Crippen LogP contribution in [0.25, 0.3) is 0 Å². The Kier molecular flexibility index (Phi) is 2.91.